The number of hydrogen-bond donors (Lipinski definition) is 1. The molecule has 0 unspecified atom stereocenters. The highest BCUT2D eigenvalue weighted by molar-refractivity contribution is 5.81. The van der Waals surface area contributed by atoms with Gasteiger partial charge in [-0.1, -0.05) is 0 Å². The molecule has 90 valence electrons. The van der Waals surface area contributed by atoms with Crippen molar-refractivity contribution < 1.29 is 9.90 Å². The van der Waals surface area contributed by atoms with Crippen molar-refractivity contribution in [2.75, 3.05) is 13.6 Å². The molecule has 3 heteroatoms. The number of hydrogen-bond acceptors (Lipinski definition) is 2. The van der Waals surface area contributed by atoms with Gasteiger partial charge in [0.05, 0.1) is 6.10 Å². The predicted octanol–water partition coefficient (Wildman–Crippen LogP) is 1.26. The molecule has 0 bridgehead atoms. The van der Waals surface area contributed by atoms with Crippen LogP contribution in [0.1, 0.15) is 32.1 Å². The number of aliphatic hydroxyl groups excluding tert-OH is 1. The Kier molecular flexibility index (Phi) is 2.46. The van der Waals surface area contributed by atoms with Crippen molar-refractivity contribution in [2.24, 2.45) is 23.7 Å². The van der Waals surface area contributed by atoms with Crippen molar-refractivity contribution in [3.05, 3.63) is 0 Å². The van der Waals surface area contributed by atoms with Crippen LogP contribution in [0.4, 0.5) is 0 Å². The Morgan fingerprint density at radius 1 is 1.38 bits per heavy atom. The summed E-state index contributed by atoms with van der Waals surface area (Å²) in [5.41, 5.74) is 0. The lowest BCUT2D eigenvalue weighted by molar-refractivity contribution is -0.133. The summed E-state index contributed by atoms with van der Waals surface area (Å²) in [6, 6.07) is 0. The first-order valence-corrected chi connectivity index (χ1v) is 6.60. The minimum absolute atomic E-state index is 0.275. The monoisotopic (exact) mass is 223 g/mol. The lowest BCUT2D eigenvalue weighted by Gasteiger charge is -2.20. The average molecular weight is 223 g/mol. The molecule has 1 N–H and O–H groups in total. The maximum atomic E-state index is 12.0. The van der Waals surface area contributed by atoms with Crippen LogP contribution in [-0.2, 0) is 4.79 Å². The molecular formula is C13H21NO2. The summed E-state index contributed by atoms with van der Waals surface area (Å²) in [5, 5.41) is 9.80. The third-order valence-corrected chi connectivity index (χ3v) is 4.39. The average Bonchev–Trinajstić information content (AvgIpc) is 3.17. The molecular weight excluding hydrogens is 202 g/mol. The molecule has 3 atom stereocenters. The second-order valence-electron chi connectivity index (χ2n) is 5.97. The summed E-state index contributed by atoms with van der Waals surface area (Å²) in [5.74, 6) is 2.58. The second-order valence-corrected chi connectivity index (χ2v) is 5.97. The number of amides is 1. The van der Waals surface area contributed by atoms with Gasteiger partial charge < -0.3 is 10.0 Å². The van der Waals surface area contributed by atoms with E-state index in [1.807, 2.05) is 7.05 Å². The molecule has 0 aromatic heterocycles. The van der Waals surface area contributed by atoms with Crippen molar-refractivity contribution in [1.82, 2.24) is 4.90 Å². The van der Waals surface area contributed by atoms with Crippen LogP contribution in [0.2, 0.25) is 0 Å². The van der Waals surface area contributed by atoms with Gasteiger partial charge in [-0.15, -0.1) is 0 Å². The molecule has 1 amide bonds. The summed E-state index contributed by atoms with van der Waals surface area (Å²) < 4.78 is 0. The third-order valence-electron chi connectivity index (χ3n) is 4.39. The summed E-state index contributed by atoms with van der Waals surface area (Å²) in [7, 11) is 1.84. The van der Waals surface area contributed by atoms with E-state index in [0.717, 1.165) is 25.2 Å². The zero-order chi connectivity index (χ0) is 11.3. The van der Waals surface area contributed by atoms with Gasteiger partial charge in [-0.2, -0.15) is 0 Å². The number of nitrogens with zero attached hydrogens (tertiary/aromatic N) is 1. The Balaban J connectivity index is 1.46. The predicted molar refractivity (Wildman–Crippen MR) is 60.7 cm³/mol. The lowest BCUT2D eigenvalue weighted by Crippen LogP contribution is -2.36. The van der Waals surface area contributed by atoms with Gasteiger partial charge in [0.25, 0.3) is 0 Å². The molecule has 0 heterocycles. The molecule has 3 aliphatic rings. The van der Waals surface area contributed by atoms with Crippen LogP contribution in [0.3, 0.4) is 0 Å². The van der Waals surface area contributed by atoms with Gasteiger partial charge >= 0.3 is 0 Å². The van der Waals surface area contributed by atoms with Crippen LogP contribution < -0.4 is 0 Å². The molecule has 3 nitrogen and oxygen atoms in total. The topological polar surface area (TPSA) is 40.5 Å². The van der Waals surface area contributed by atoms with E-state index in [4.69, 9.17) is 0 Å². The smallest absolute Gasteiger partial charge is 0.225 e. The lowest BCUT2D eigenvalue weighted by atomic mass is 10.2. The summed E-state index contributed by atoms with van der Waals surface area (Å²) >= 11 is 0. The summed E-state index contributed by atoms with van der Waals surface area (Å²) in [6.07, 6.45) is 5.76. The van der Waals surface area contributed by atoms with Gasteiger partial charge in [0.15, 0.2) is 0 Å². The van der Waals surface area contributed by atoms with E-state index in [2.05, 4.69) is 0 Å². The minimum atomic E-state index is -0.285. The Hall–Kier alpha value is -0.570. The van der Waals surface area contributed by atoms with Gasteiger partial charge in [-0.25, -0.2) is 0 Å². The van der Waals surface area contributed by atoms with Crippen LogP contribution in [0.5, 0.6) is 0 Å². The molecule has 3 saturated carbocycles. The number of aliphatic hydroxyl groups is 1. The molecule has 0 saturated heterocycles. The molecule has 0 aliphatic heterocycles. The first-order chi connectivity index (χ1) is 7.66. The van der Waals surface area contributed by atoms with E-state index >= 15 is 0 Å². The quantitative estimate of drug-likeness (QED) is 0.762. The fraction of sp³-hybridized carbons (Fsp3) is 0.923. The maximum absolute atomic E-state index is 12.0. The molecule has 16 heavy (non-hydrogen) atoms. The molecule has 0 aromatic rings. The third kappa shape index (κ3) is 2.10. The molecule has 3 rings (SSSR count). The highest BCUT2D eigenvalue weighted by Crippen LogP contribution is 2.54. The highest BCUT2D eigenvalue weighted by Gasteiger charge is 2.52. The summed E-state index contributed by atoms with van der Waals surface area (Å²) in [6.45, 7) is 0.539. The largest absolute Gasteiger partial charge is 0.391 e. The van der Waals surface area contributed by atoms with Crippen LogP contribution in [-0.4, -0.2) is 35.6 Å². The van der Waals surface area contributed by atoms with E-state index in [1.54, 1.807) is 4.90 Å². The van der Waals surface area contributed by atoms with Crippen LogP contribution in [0.15, 0.2) is 0 Å². The first-order valence-electron chi connectivity index (χ1n) is 6.60. The normalized spacial score (nSPS) is 34.6. The molecule has 0 aromatic carbocycles. The van der Waals surface area contributed by atoms with Crippen LogP contribution in [0, 0.1) is 23.7 Å². The van der Waals surface area contributed by atoms with Crippen molar-refractivity contribution >= 4 is 5.91 Å². The van der Waals surface area contributed by atoms with Crippen LogP contribution >= 0.6 is 0 Å². The van der Waals surface area contributed by atoms with Gasteiger partial charge in [0, 0.05) is 19.5 Å². The Morgan fingerprint density at radius 3 is 2.62 bits per heavy atom. The van der Waals surface area contributed by atoms with Crippen molar-refractivity contribution in [1.29, 1.82) is 0 Å². The standard InChI is InChI=1S/C13H21NO2/c1-14(7-12(15)9-4-5-9)13(16)11-6-10(11)8-2-3-8/h8-12,15H,2-7H2,1H3/t10-,11+,12+/m1/s1. The maximum Gasteiger partial charge on any atom is 0.225 e. The molecule has 3 aliphatic carbocycles. The fourth-order valence-corrected chi connectivity index (χ4v) is 2.83. The van der Waals surface area contributed by atoms with Crippen LogP contribution in [0.25, 0.3) is 0 Å². The first kappa shape index (κ1) is 10.6. The van der Waals surface area contributed by atoms with Gasteiger partial charge in [0.1, 0.15) is 0 Å². The molecule has 0 radical (unpaired) electrons. The minimum Gasteiger partial charge on any atom is -0.391 e. The Bertz CT molecular complexity index is 296. The Labute approximate surface area is 96.8 Å². The number of rotatable bonds is 5. The number of carbonyl (C=O) groups is 1. The van der Waals surface area contributed by atoms with E-state index < -0.39 is 0 Å². The van der Waals surface area contributed by atoms with E-state index in [9.17, 15) is 9.90 Å². The molecule has 0 spiro atoms. The van der Waals surface area contributed by atoms with Gasteiger partial charge in [0.2, 0.25) is 5.91 Å². The van der Waals surface area contributed by atoms with Gasteiger partial charge in [-0.05, 0) is 49.9 Å². The second kappa shape index (κ2) is 3.73. The van der Waals surface area contributed by atoms with E-state index in [-0.39, 0.29) is 12.0 Å². The van der Waals surface area contributed by atoms with E-state index in [1.165, 1.54) is 12.8 Å². The van der Waals surface area contributed by atoms with Crippen molar-refractivity contribution in [2.45, 2.75) is 38.2 Å². The SMILES string of the molecule is CN(C[C@H](O)C1CC1)C(=O)[C@H]1C[C@@H]1C1CC1. The molecule has 3 fully saturated rings. The van der Waals surface area contributed by atoms with Crippen molar-refractivity contribution in [3.63, 3.8) is 0 Å². The van der Waals surface area contributed by atoms with E-state index in [0.29, 0.717) is 24.3 Å². The number of likely N-dealkylation sites (N-methyl/N-ethyl adjacent to an activating group) is 1. The fourth-order valence-electron chi connectivity index (χ4n) is 2.83. The Morgan fingerprint density at radius 2 is 2.06 bits per heavy atom. The van der Waals surface area contributed by atoms with Crippen molar-refractivity contribution in [3.8, 4) is 0 Å². The number of carbonyl (C=O) groups excluding carboxylic acids is 1. The highest BCUT2D eigenvalue weighted by atomic mass is 16.3. The summed E-state index contributed by atoms with van der Waals surface area (Å²) in [4.78, 5) is 13.8. The zero-order valence-corrected chi connectivity index (χ0v) is 9.93. The van der Waals surface area contributed by atoms with Gasteiger partial charge in [-0.3, -0.25) is 4.79 Å². The zero-order valence-electron chi connectivity index (χ0n) is 9.93.